The van der Waals surface area contributed by atoms with Crippen LogP contribution in [0.25, 0.3) is 16.7 Å². The van der Waals surface area contributed by atoms with Crippen molar-refractivity contribution < 1.29 is 9.13 Å². The summed E-state index contributed by atoms with van der Waals surface area (Å²) in [6.07, 6.45) is 10.9. The van der Waals surface area contributed by atoms with Crippen molar-refractivity contribution in [2.45, 2.75) is 85.9 Å². The first-order valence-electron chi connectivity index (χ1n) is 14.4. The zero-order chi connectivity index (χ0) is 28.8. The Morgan fingerprint density at radius 1 is 1.15 bits per heavy atom. The summed E-state index contributed by atoms with van der Waals surface area (Å²) in [4.78, 5) is 7.31. The molecule has 4 rings (SSSR count). The zero-order valence-electron chi connectivity index (χ0n) is 24.2. The number of nitrogens with two attached hydrogens (primary N) is 1. The molecule has 40 heavy (non-hydrogen) atoms. The molecule has 0 spiro atoms. The molecule has 0 unspecified atom stereocenters. The van der Waals surface area contributed by atoms with Crippen LogP contribution in [-0.4, -0.2) is 24.2 Å². The van der Waals surface area contributed by atoms with Crippen molar-refractivity contribution in [1.82, 2.24) is 4.90 Å². The Morgan fingerprint density at radius 2 is 1.88 bits per heavy atom. The van der Waals surface area contributed by atoms with Crippen molar-refractivity contribution in [3.8, 4) is 17.2 Å². The quantitative estimate of drug-likeness (QED) is 0.233. The standard InChI is InChI=1S/C33H40ClFN4O/c1-5-7-11-29(37)24(17-36)31-22(4)28(35)14-13-23(31)32-27-20-40-19-26(27)25(21(3)33(32)34)18-38-30(12-8-6-2)39-15-9-10-16-39/h12-14,18H,5-11,15-16,19-20,37H2,1-4H3/b29-24+,30-12-,38-18-. The van der Waals surface area contributed by atoms with E-state index >= 15 is 0 Å². The topological polar surface area (TPSA) is 74.6 Å². The molecule has 0 saturated carbocycles. The number of nitrogens with zero attached hydrogens (tertiary/aromatic N) is 3. The molecule has 1 saturated heterocycles. The van der Waals surface area contributed by atoms with E-state index in [1.54, 1.807) is 13.0 Å². The van der Waals surface area contributed by atoms with Gasteiger partial charge >= 0.3 is 0 Å². The van der Waals surface area contributed by atoms with Crippen molar-refractivity contribution >= 4 is 23.4 Å². The molecule has 2 N–H and O–H groups in total. The van der Waals surface area contributed by atoms with Gasteiger partial charge in [-0.2, -0.15) is 5.26 Å². The summed E-state index contributed by atoms with van der Waals surface area (Å²) in [6.45, 7) is 10.8. The van der Waals surface area contributed by atoms with E-state index in [2.05, 4.69) is 30.9 Å². The minimum atomic E-state index is -0.382. The Bertz CT molecular complexity index is 1400. The predicted octanol–water partition coefficient (Wildman–Crippen LogP) is 8.33. The number of ether oxygens (including phenoxy) is 1. The molecule has 2 aromatic carbocycles. The third-order valence-corrected chi connectivity index (χ3v) is 8.43. The highest BCUT2D eigenvalue weighted by Gasteiger charge is 2.28. The summed E-state index contributed by atoms with van der Waals surface area (Å²) in [7, 11) is 0. The first-order chi connectivity index (χ1) is 19.3. The Morgan fingerprint density at radius 3 is 2.55 bits per heavy atom. The van der Waals surface area contributed by atoms with Crippen molar-refractivity contribution in [3.05, 3.63) is 73.9 Å². The van der Waals surface area contributed by atoms with Crippen molar-refractivity contribution in [2.24, 2.45) is 10.7 Å². The molecule has 0 radical (unpaired) electrons. The Labute approximate surface area is 243 Å². The maximum absolute atomic E-state index is 14.9. The van der Waals surface area contributed by atoms with Gasteiger partial charge in [-0.25, -0.2) is 9.38 Å². The lowest BCUT2D eigenvalue weighted by Crippen LogP contribution is -2.17. The zero-order valence-corrected chi connectivity index (χ0v) is 24.9. The summed E-state index contributed by atoms with van der Waals surface area (Å²) in [5.41, 5.74) is 13.4. The molecular formula is C33H40ClFN4O. The Balaban J connectivity index is 1.89. The van der Waals surface area contributed by atoms with E-state index in [9.17, 15) is 9.65 Å². The Kier molecular flexibility index (Phi) is 10.1. The van der Waals surface area contributed by atoms with Gasteiger partial charge in [0.1, 0.15) is 17.7 Å². The molecule has 2 aliphatic heterocycles. The molecule has 5 nitrogen and oxygen atoms in total. The highest BCUT2D eigenvalue weighted by molar-refractivity contribution is 6.35. The van der Waals surface area contributed by atoms with Crippen LogP contribution >= 0.6 is 11.6 Å². The second-order valence-electron chi connectivity index (χ2n) is 10.7. The molecular weight excluding hydrogens is 523 g/mol. The number of halogens is 2. The molecule has 7 heteroatoms. The van der Waals surface area contributed by atoms with Gasteiger partial charge in [0.05, 0.1) is 23.8 Å². The largest absolute Gasteiger partial charge is 0.401 e. The fourth-order valence-electron chi connectivity index (χ4n) is 5.62. The van der Waals surface area contributed by atoms with E-state index in [1.165, 1.54) is 18.9 Å². The van der Waals surface area contributed by atoms with Gasteiger partial charge in [-0.1, -0.05) is 44.4 Å². The first-order valence-corrected chi connectivity index (χ1v) is 14.8. The number of aliphatic imine (C=N–C) groups is 1. The van der Waals surface area contributed by atoms with Crippen LogP contribution in [0, 0.1) is 31.0 Å². The van der Waals surface area contributed by atoms with E-state index in [0.29, 0.717) is 52.6 Å². The second-order valence-corrected chi connectivity index (χ2v) is 11.1. The monoisotopic (exact) mass is 562 g/mol. The van der Waals surface area contributed by atoms with E-state index < -0.39 is 0 Å². The molecule has 0 aliphatic carbocycles. The lowest BCUT2D eigenvalue weighted by molar-refractivity contribution is 0.134. The summed E-state index contributed by atoms with van der Waals surface area (Å²) in [5.74, 6) is 0.627. The lowest BCUT2D eigenvalue weighted by atomic mass is 9.84. The fraction of sp³-hybridized carbons (Fsp3) is 0.455. The number of nitriles is 1. The van der Waals surface area contributed by atoms with E-state index in [-0.39, 0.29) is 5.82 Å². The second kappa shape index (κ2) is 13.5. The third kappa shape index (κ3) is 5.96. The number of likely N-dealkylation sites (tertiary alicyclic amines) is 1. The lowest BCUT2D eigenvalue weighted by Gasteiger charge is -2.21. The molecule has 0 atom stereocenters. The van der Waals surface area contributed by atoms with Crippen LogP contribution in [0.1, 0.15) is 92.2 Å². The first kappa shape index (κ1) is 29.8. The average molecular weight is 563 g/mol. The SMILES string of the molecule is CCC/C=C(/N=C\c1c(C)c(Cl)c(-c2ccc(F)c(C)c2/C(C#N)=C(/N)CCCC)c2c1COC2)N1CCCC1. The van der Waals surface area contributed by atoms with Crippen molar-refractivity contribution in [1.29, 1.82) is 5.26 Å². The number of hydrogen-bond acceptors (Lipinski definition) is 5. The van der Waals surface area contributed by atoms with Crippen LogP contribution in [0.3, 0.4) is 0 Å². The van der Waals surface area contributed by atoms with Crippen LogP contribution < -0.4 is 5.73 Å². The summed E-state index contributed by atoms with van der Waals surface area (Å²) in [5, 5.41) is 10.7. The molecule has 212 valence electrons. The fourth-order valence-corrected chi connectivity index (χ4v) is 5.94. The Hall–Kier alpha value is -3.14. The van der Waals surface area contributed by atoms with Crippen LogP contribution in [-0.2, 0) is 18.0 Å². The van der Waals surface area contributed by atoms with Gasteiger partial charge in [0, 0.05) is 41.7 Å². The van der Waals surface area contributed by atoms with Crippen LogP contribution in [0.5, 0.6) is 0 Å². The summed E-state index contributed by atoms with van der Waals surface area (Å²) in [6, 6.07) is 5.43. The van der Waals surface area contributed by atoms with Gasteiger partial charge in [-0.05, 0) is 85.9 Å². The van der Waals surface area contributed by atoms with E-state index in [0.717, 1.165) is 72.4 Å². The van der Waals surface area contributed by atoms with E-state index in [4.69, 9.17) is 27.1 Å². The maximum atomic E-state index is 14.9. The average Bonchev–Trinajstić information content (AvgIpc) is 3.66. The van der Waals surface area contributed by atoms with Crippen LogP contribution in [0.15, 0.2) is 34.7 Å². The van der Waals surface area contributed by atoms with Gasteiger partial charge in [-0.15, -0.1) is 0 Å². The molecule has 0 bridgehead atoms. The highest BCUT2D eigenvalue weighted by atomic mass is 35.5. The van der Waals surface area contributed by atoms with Crippen molar-refractivity contribution in [2.75, 3.05) is 13.1 Å². The van der Waals surface area contributed by atoms with Gasteiger partial charge in [0.15, 0.2) is 0 Å². The normalized spacial score (nSPS) is 16.0. The predicted molar refractivity (Wildman–Crippen MR) is 162 cm³/mol. The number of allylic oxidation sites excluding steroid dienone is 3. The highest BCUT2D eigenvalue weighted by Crippen LogP contribution is 2.45. The number of benzene rings is 2. The number of rotatable bonds is 10. The van der Waals surface area contributed by atoms with E-state index in [1.807, 2.05) is 13.1 Å². The van der Waals surface area contributed by atoms with Gasteiger partial charge in [-0.3, -0.25) is 0 Å². The summed E-state index contributed by atoms with van der Waals surface area (Å²) >= 11 is 7.15. The molecule has 2 aliphatic rings. The third-order valence-electron chi connectivity index (χ3n) is 7.96. The number of unbranched alkanes of at least 4 members (excludes halogenated alkanes) is 2. The van der Waals surface area contributed by atoms with Crippen LogP contribution in [0.2, 0.25) is 5.02 Å². The molecule has 0 aromatic heterocycles. The summed E-state index contributed by atoms with van der Waals surface area (Å²) < 4.78 is 20.9. The van der Waals surface area contributed by atoms with Gasteiger partial charge in [0.25, 0.3) is 0 Å². The van der Waals surface area contributed by atoms with Crippen LogP contribution in [0.4, 0.5) is 4.39 Å². The number of hydrogen-bond donors (Lipinski definition) is 1. The minimum Gasteiger partial charge on any atom is -0.401 e. The molecule has 1 fully saturated rings. The maximum Gasteiger partial charge on any atom is 0.126 e. The van der Waals surface area contributed by atoms with Crippen molar-refractivity contribution in [3.63, 3.8) is 0 Å². The smallest absolute Gasteiger partial charge is 0.126 e. The number of fused-ring (bicyclic) bond motifs is 1. The molecule has 0 amide bonds. The minimum absolute atomic E-state index is 0.309. The molecule has 2 aromatic rings. The van der Waals surface area contributed by atoms with Gasteiger partial charge in [0.2, 0.25) is 0 Å². The molecule has 2 heterocycles. The van der Waals surface area contributed by atoms with Gasteiger partial charge < -0.3 is 15.4 Å².